The summed E-state index contributed by atoms with van der Waals surface area (Å²) in [5, 5.41) is 11.5. The number of hydrogen-bond donors (Lipinski definition) is 3. The van der Waals surface area contributed by atoms with Crippen LogP contribution in [0.15, 0.2) is 23.8 Å². The van der Waals surface area contributed by atoms with E-state index < -0.39 is 11.8 Å². The van der Waals surface area contributed by atoms with Gasteiger partial charge < -0.3 is 5.32 Å². The summed E-state index contributed by atoms with van der Waals surface area (Å²) >= 11 is 0. The summed E-state index contributed by atoms with van der Waals surface area (Å²) in [4.78, 5) is 23.6. The second-order valence-electron chi connectivity index (χ2n) is 5.00. The van der Waals surface area contributed by atoms with Crippen molar-refractivity contribution < 1.29 is 14.8 Å². The van der Waals surface area contributed by atoms with Crippen LogP contribution in [0.5, 0.6) is 0 Å². The molecular weight excluding hydrogens is 256 g/mol. The van der Waals surface area contributed by atoms with Crippen LogP contribution in [0.2, 0.25) is 0 Å². The Bertz CT molecular complexity index is 389. The van der Waals surface area contributed by atoms with Crippen molar-refractivity contribution in [3.63, 3.8) is 0 Å². The molecule has 1 atom stereocenters. The first-order chi connectivity index (χ1) is 9.69. The van der Waals surface area contributed by atoms with E-state index in [-0.39, 0.29) is 5.91 Å². The zero-order valence-corrected chi connectivity index (χ0v) is 12.0. The number of carbonyl (C=O) groups excluding carboxylic acids is 2. The Kier molecular flexibility index (Phi) is 7.65. The van der Waals surface area contributed by atoms with Gasteiger partial charge >= 0.3 is 0 Å². The number of carbonyl (C=O) groups is 2. The molecule has 1 unspecified atom stereocenters. The van der Waals surface area contributed by atoms with Crippen LogP contribution in [0.3, 0.4) is 0 Å². The van der Waals surface area contributed by atoms with Crippen molar-refractivity contribution in [1.29, 1.82) is 0 Å². The molecule has 3 N–H and O–H groups in total. The van der Waals surface area contributed by atoms with E-state index >= 15 is 0 Å². The molecule has 0 aromatic rings. The number of hydroxylamine groups is 1. The van der Waals surface area contributed by atoms with Crippen molar-refractivity contribution >= 4 is 11.8 Å². The second kappa shape index (κ2) is 9.31. The van der Waals surface area contributed by atoms with Crippen LogP contribution in [0, 0.1) is 5.92 Å². The van der Waals surface area contributed by atoms with Gasteiger partial charge in [0.1, 0.15) is 5.92 Å². The van der Waals surface area contributed by atoms with E-state index in [2.05, 4.69) is 24.4 Å². The van der Waals surface area contributed by atoms with Crippen LogP contribution in [0.25, 0.3) is 0 Å². The van der Waals surface area contributed by atoms with Gasteiger partial charge in [-0.15, -0.1) is 0 Å². The lowest BCUT2D eigenvalue weighted by Gasteiger charge is -2.15. The molecule has 0 saturated carbocycles. The average molecular weight is 280 g/mol. The predicted octanol–water partition coefficient (Wildman–Crippen LogP) is 2.08. The van der Waals surface area contributed by atoms with Crippen LogP contribution in [-0.2, 0) is 9.59 Å². The first kappa shape index (κ1) is 16.4. The number of nitrogens with one attached hydrogen (secondary N) is 2. The van der Waals surface area contributed by atoms with E-state index in [1.54, 1.807) is 5.48 Å². The number of amides is 2. The molecule has 1 aliphatic rings. The summed E-state index contributed by atoms with van der Waals surface area (Å²) in [5.74, 6) is -1.78. The van der Waals surface area contributed by atoms with Crippen molar-refractivity contribution in [2.24, 2.45) is 5.92 Å². The van der Waals surface area contributed by atoms with Gasteiger partial charge in [-0.3, -0.25) is 14.8 Å². The summed E-state index contributed by atoms with van der Waals surface area (Å²) < 4.78 is 0. The maximum Gasteiger partial charge on any atom is 0.255 e. The summed E-state index contributed by atoms with van der Waals surface area (Å²) in [6.45, 7) is 2.49. The topological polar surface area (TPSA) is 78.4 Å². The van der Waals surface area contributed by atoms with Gasteiger partial charge in [-0.25, -0.2) is 5.48 Å². The van der Waals surface area contributed by atoms with Crippen molar-refractivity contribution in [2.75, 3.05) is 6.54 Å². The molecular formula is C15H24N2O3. The molecule has 0 heterocycles. The largest absolute Gasteiger partial charge is 0.351 e. The molecule has 0 aliphatic heterocycles. The number of hydrogen-bond acceptors (Lipinski definition) is 3. The fourth-order valence-electron chi connectivity index (χ4n) is 2.17. The Labute approximate surface area is 120 Å². The Hall–Kier alpha value is -1.62. The van der Waals surface area contributed by atoms with E-state index in [0.29, 0.717) is 13.0 Å². The van der Waals surface area contributed by atoms with E-state index in [0.717, 1.165) is 37.7 Å². The van der Waals surface area contributed by atoms with Gasteiger partial charge in [-0.2, -0.15) is 0 Å². The van der Waals surface area contributed by atoms with Crippen molar-refractivity contribution in [3.8, 4) is 0 Å². The lowest BCUT2D eigenvalue weighted by molar-refractivity contribution is -0.140. The molecule has 0 bridgehead atoms. The first-order valence-electron chi connectivity index (χ1n) is 7.26. The predicted molar refractivity (Wildman–Crippen MR) is 77.0 cm³/mol. The molecule has 0 aromatic carbocycles. The molecule has 1 aliphatic carbocycles. The minimum atomic E-state index is -0.820. The smallest absolute Gasteiger partial charge is 0.255 e. The molecule has 2 amide bonds. The van der Waals surface area contributed by atoms with E-state index in [1.807, 2.05) is 6.08 Å². The Morgan fingerprint density at radius 3 is 2.70 bits per heavy atom. The highest BCUT2D eigenvalue weighted by Gasteiger charge is 2.25. The third kappa shape index (κ3) is 5.57. The van der Waals surface area contributed by atoms with Gasteiger partial charge in [0.05, 0.1) is 0 Å². The zero-order valence-electron chi connectivity index (χ0n) is 12.0. The minimum Gasteiger partial charge on any atom is -0.351 e. The van der Waals surface area contributed by atoms with Crippen LogP contribution in [0.1, 0.15) is 45.4 Å². The molecule has 5 nitrogen and oxygen atoms in total. The Balaban J connectivity index is 2.47. The first-order valence-corrected chi connectivity index (χ1v) is 7.26. The van der Waals surface area contributed by atoms with Crippen molar-refractivity contribution in [2.45, 2.75) is 45.4 Å². The quantitative estimate of drug-likeness (QED) is 0.276. The molecule has 0 aromatic heterocycles. The van der Waals surface area contributed by atoms with Crippen molar-refractivity contribution in [3.05, 3.63) is 23.8 Å². The standard InChI is InChI=1S/C15H24N2O3/c1-2-3-5-10-13(15(19)17-20)14(18)16-11-12-8-6-4-7-9-12/h6,8-9,13,20H,2-5,7,10-11H2,1H3,(H,16,18)(H,17,19). The fourth-order valence-corrected chi connectivity index (χ4v) is 2.17. The highest BCUT2D eigenvalue weighted by molar-refractivity contribution is 5.99. The fraction of sp³-hybridized carbons (Fsp3) is 0.600. The van der Waals surface area contributed by atoms with Gasteiger partial charge in [0, 0.05) is 6.54 Å². The maximum absolute atomic E-state index is 12.0. The Morgan fingerprint density at radius 1 is 1.30 bits per heavy atom. The monoisotopic (exact) mass is 280 g/mol. The Morgan fingerprint density at radius 2 is 2.10 bits per heavy atom. The molecule has 0 radical (unpaired) electrons. The number of rotatable bonds is 8. The van der Waals surface area contributed by atoms with Crippen LogP contribution < -0.4 is 10.8 Å². The summed E-state index contributed by atoms with van der Waals surface area (Å²) in [6.07, 6.45) is 11.4. The van der Waals surface area contributed by atoms with Gasteiger partial charge in [0.2, 0.25) is 5.91 Å². The lowest BCUT2D eigenvalue weighted by atomic mass is 9.99. The van der Waals surface area contributed by atoms with Crippen LogP contribution >= 0.6 is 0 Å². The van der Waals surface area contributed by atoms with Gasteiger partial charge in [0.15, 0.2) is 0 Å². The molecule has 112 valence electrons. The summed E-state index contributed by atoms with van der Waals surface area (Å²) in [6, 6.07) is 0. The zero-order chi connectivity index (χ0) is 14.8. The summed E-state index contributed by atoms with van der Waals surface area (Å²) in [7, 11) is 0. The second-order valence-corrected chi connectivity index (χ2v) is 5.00. The molecule has 5 heteroatoms. The third-order valence-electron chi connectivity index (χ3n) is 3.38. The highest BCUT2D eigenvalue weighted by Crippen LogP contribution is 2.12. The molecule has 0 saturated heterocycles. The molecule has 0 fully saturated rings. The van der Waals surface area contributed by atoms with E-state index in [9.17, 15) is 9.59 Å². The average Bonchev–Trinajstić information content (AvgIpc) is 2.49. The summed E-state index contributed by atoms with van der Waals surface area (Å²) in [5.41, 5.74) is 2.64. The third-order valence-corrected chi connectivity index (χ3v) is 3.38. The number of unbranched alkanes of at least 4 members (excludes halogenated alkanes) is 2. The minimum absolute atomic E-state index is 0.326. The van der Waals surface area contributed by atoms with E-state index in [4.69, 9.17) is 5.21 Å². The van der Waals surface area contributed by atoms with Gasteiger partial charge in [-0.1, -0.05) is 44.4 Å². The lowest BCUT2D eigenvalue weighted by Crippen LogP contribution is -2.41. The van der Waals surface area contributed by atoms with Gasteiger partial charge in [-0.05, 0) is 24.8 Å². The SMILES string of the molecule is CCCCCC(C(=O)NO)C(=O)NCC1=CCCC=C1. The highest BCUT2D eigenvalue weighted by atomic mass is 16.5. The van der Waals surface area contributed by atoms with Gasteiger partial charge in [0.25, 0.3) is 5.91 Å². The molecule has 20 heavy (non-hydrogen) atoms. The van der Waals surface area contributed by atoms with Crippen LogP contribution in [0.4, 0.5) is 0 Å². The van der Waals surface area contributed by atoms with Crippen LogP contribution in [-0.4, -0.2) is 23.6 Å². The normalized spacial score (nSPS) is 15.4. The number of allylic oxidation sites excluding steroid dienone is 2. The molecule has 0 spiro atoms. The molecule has 1 rings (SSSR count). The van der Waals surface area contributed by atoms with E-state index in [1.165, 1.54) is 0 Å². The maximum atomic E-state index is 12.0. The van der Waals surface area contributed by atoms with Crippen molar-refractivity contribution in [1.82, 2.24) is 10.8 Å².